The van der Waals surface area contributed by atoms with Gasteiger partial charge < -0.3 is 24.3 Å². The molecule has 0 aliphatic heterocycles. The second-order valence-corrected chi connectivity index (χ2v) is 7.57. The van der Waals surface area contributed by atoms with Crippen LogP contribution in [-0.2, 0) is 13.3 Å². The Hall–Kier alpha value is -0.923. The van der Waals surface area contributed by atoms with E-state index in [-0.39, 0.29) is 6.17 Å². The van der Waals surface area contributed by atoms with Crippen molar-refractivity contribution in [3.05, 3.63) is 30.3 Å². The molecule has 0 saturated heterocycles. The third-order valence-corrected chi connectivity index (χ3v) is 5.82. The first-order chi connectivity index (χ1) is 9.65. The van der Waals surface area contributed by atoms with Crippen molar-refractivity contribution in [2.45, 2.75) is 32.0 Å². The number of hydrogen-bond acceptors (Lipinski definition) is 5. The minimum atomic E-state index is -2.56. The molecular formula is C14H26N2O3Si. The molecule has 0 aromatic heterocycles. The van der Waals surface area contributed by atoms with Crippen molar-refractivity contribution in [2.75, 3.05) is 26.1 Å². The van der Waals surface area contributed by atoms with Gasteiger partial charge in [-0.15, -0.1) is 0 Å². The number of para-hydroxylation sites is 1. The second-order valence-electron chi connectivity index (χ2n) is 4.60. The minimum absolute atomic E-state index is 0.153. The van der Waals surface area contributed by atoms with E-state index in [9.17, 15) is 0 Å². The summed E-state index contributed by atoms with van der Waals surface area (Å²) in [6.07, 6.45) is 1.52. The van der Waals surface area contributed by atoms with E-state index in [1.54, 1.807) is 14.2 Å². The number of rotatable bonds is 10. The fourth-order valence-electron chi connectivity index (χ4n) is 1.89. The molecule has 6 heteroatoms. The van der Waals surface area contributed by atoms with Crippen LogP contribution in [0.15, 0.2) is 30.3 Å². The number of nitrogens with one attached hydrogen (secondary N) is 1. The molecule has 5 nitrogen and oxygen atoms in total. The Labute approximate surface area is 122 Å². The van der Waals surface area contributed by atoms with Crippen LogP contribution in [0.4, 0.5) is 5.69 Å². The third-order valence-electron chi connectivity index (χ3n) is 3.04. The van der Waals surface area contributed by atoms with Gasteiger partial charge in [0.25, 0.3) is 0 Å². The fraction of sp³-hybridized carbons (Fsp3) is 0.571. The number of nitrogens with two attached hydrogens (primary N) is 1. The smallest absolute Gasteiger partial charge is 0.377 e. The molecule has 0 heterocycles. The Bertz CT molecular complexity index is 361. The van der Waals surface area contributed by atoms with E-state index < -0.39 is 8.80 Å². The van der Waals surface area contributed by atoms with Gasteiger partial charge in [0.1, 0.15) is 0 Å². The summed E-state index contributed by atoms with van der Waals surface area (Å²) in [7, 11) is 0.716. The molecule has 0 aliphatic rings. The number of hydrogen-bond donors (Lipinski definition) is 2. The van der Waals surface area contributed by atoms with Gasteiger partial charge >= 0.3 is 8.80 Å². The van der Waals surface area contributed by atoms with Gasteiger partial charge in [0.05, 0.1) is 6.17 Å². The van der Waals surface area contributed by atoms with E-state index in [1.807, 2.05) is 30.3 Å². The van der Waals surface area contributed by atoms with Crippen LogP contribution in [0.25, 0.3) is 0 Å². The highest BCUT2D eigenvalue weighted by Gasteiger charge is 2.38. The molecule has 1 aromatic carbocycles. The summed E-state index contributed by atoms with van der Waals surface area (Å²) >= 11 is 0. The molecule has 1 rings (SSSR count). The van der Waals surface area contributed by atoms with Gasteiger partial charge in [-0.3, -0.25) is 0 Å². The topological polar surface area (TPSA) is 65.7 Å². The predicted octanol–water partition coefficient (Wildman–Crippen LogP) is 2.43. The van der Waals surface area contributed by atoms with E-state index in [0.29, 0.717) is 12.7 Å². The highest BCUT2D eigenvalue weighted by molar-refractivity contribution is 6.60. The molecule has 0 saturated carbocycles. The van der Waals surface area contributed by atoms with E-state index in [4.69, 9.17) is 19.0 Å². The molecule has 0 aliphatic carbocycles. The van der Waals surface area contributed by atoms with E-state index in [2.05, 4.69) is 12.2 Å². The normalized spacial score (nSPS) is 13.2. The molecule has 0 spiro atoms. The lowest BCUT2D eigenvalue weighted by Gasteiger charge is -2.27. The Morgan fingerprint density at radius 1 is 1.20 bits per heavy atom. The Morgan fingerprint density at radius 3 is 2.40 bits per heavy atom. The molecule has 1 unspecified atom stereocenters. The largest absolute Gasteiger partial charge is 0.500 e. The SMILES string of the molecule is CCCO[Si](CCC(N)Nc1ccccc1)(OC)OC. The van der Waals surface area contributed by atoms with Crippen molar-refractivity contribution < 1.29 is 13.3 Å². The molecule has 0 radical (unpaired) electrons. The first-order valence-corrected chi connectivity index (χ1v) is 8.90. The Balaban J connectivity index is 2.45. The van der Waals surface area contributed by atoms with Crippen LogP contribution in [0, 0.1) is 0 Å². The molecule has 0 amide bonds. The lowest BCUT2D eigenvalue weighted by molar-refractivity contribution is 0.0974. The molecule has 20 heavy (non-hydrogen) atoms. The number of benzene rings is 1. The fourth-order valence-corrected chi connectivity index (χ4v) is 4.02. The summed E-state index contributed by atoms with van der Waals surface area (Å²) in [4.78, 5) is 0. The molecular weight excluding hydrogens is 272 g/mol. The zero-order valence-electron chi connectivity index (χ0n) is 12.6. The van der Waals surface area contributed by atoms with Crippen molar-refractivity contribution in [1.82, 2.24) is 0 Å². The van der Waals surface area contributed by atoms with Gasteiger partial charge in [0, 0.05) is 32.6 Å². The molecule has 0 bridgehead atoms. The lowest BCUT2D eigenvalue weighted by atomic mass is 10.3. The lowest BCUT2D eigenvalue weighted by Crippen LogP contribution is -2.46. The van der Waals surface area contributed by atoms with Gasteiger partial charge in [-0.2, -0.15) is 0 Å². The van der Waals surface area contributed by atoms with Crippen molar-refractivity contribution in [2.24, 2.45) is 5.73 Å². The van der Waals surface area contributed by atoms with E-state index >= 15 is 0 Å². The summed E-state index contributed by atoms with van der Waals surface area (Å²) in [6.45, 7) is 2.71. The average Bonchev–Trinajstić information content (AvgIpc) is 2.49. The van der Waals surface area contributed by atoms with Gasteiger partial charge in [-0.1, -0.05) is 25.1 Å². The van der Waals surface area contributed by atoms with Gasteiger partial charge in [-0.25, -0.2) is 0 Å². The van der Waals surface area contributed by atoms with E-state index in [1.165, 1.54) is 0 Å². The van der Waals surface area contributed by atoms with Crippen LogP contribution in [0.3, 0.4) is 0 Å². The van der Waals surface area contributed by atoms with Crippen LogP contribution in [0.5, 0.6) is 0 Å². The molecule has 0 fully saturated rings. The molecule has 1 aromatic rings. The maximum Gasteiger partial charge on any atom is 0.500 e. The summed E-state index contributed by atoms with van der Waals surface area (Å²) in [6, 6.07) is 10.6. The van der Waals surface area contributed by atoms with Gasteiger partial charge in [0.2, 0.25) is 0 Å². The maximum absolute atomic E-state index is 6.10. The third kappa shape index (κ3) is 5.60. The van der Waals surface area contributed by atoms with Crippen molar-refractivity contribution in [1.29, 1.82) is 0 Å². The number of anilines is 1. The predicted molar refractivity (Wildman–Crippen MR) is 83.5 cm³/mol. The van der Waals surface area contributed by atoms with Gasteiger partial charge in [-0.05, 0) is 25.0 Å². The van der Waals surface area contributed by atoms with Crippen molar-refractivity contribution >= 4 is 14.5 Å². The highest BCUT2D eigenvalue weighted by Crippen LogP contribution is 2.18. The highest BCUT2D eigenvalue weighted by atomic mass is 28.4. The van der Waals surface area contributed by atoms with Crippen molar-refractivity contribution in [3.8, 4) is 0 Å². The Morgan fingerprint density at radius 2 is 1.85 bits per heavy atom. The first kappa shape index (κ1) is 17.1. The quantitative estimate of drug-likeness (QED) is 0.513. The van der Waals surface area contributed by atoms with E-state index in [0.717, 1.165) is 18.5 Å². The molecule has 114 valence electrons. The second kappa shape index (κ2) is 9.09. The zero-order chi connectivity index (χ0) is 14.8. The first-order valence-electron chi connectivity index (χ1n) is 6.97. The summed E-state index contributed by atoms with van der Waals surface area (Å²) in [5.41, 5.74) is 7.11. The molecule has 1 atom stereocenters. The summed E-state index contributed by atoms with van der Waals surface area (Å²) < 4.78 is 16.8. The van der Waals surface area contributed by atoms with Crippen LogP contribution in [0.2, 0.25) is 6.04 Å². The van der Waals surface area contributed by atoms with Gasteiger partial charge in [0.15, 0.2) is 0 Å². The summed E-state index contributed by atoms with van der Waals surface area (Å²) in [5.74, 6) is 0. The van der Waals surface area contributed by atoms with Crippen LogP contribution < -0.4 is 11.1 Å². The Kier molecular flexibility index (Phi) is 7.79. The maximum atomic E-state index is 6.10. The monoisotopic (exact) mass is 298 g/mol. The van der Waals surface area contributed by atoms with Crippen LogP contribution >= 0.6 is 0 Å². The van der Waals surface area contributed by atoms with Crippen LogP contribution in [0.1, 0.15) is 19.8 Å². The standard InChI is InChI=1S/C14H26N2O3Si/c1-4-11-19-20(17-2,18-3)12-10-14(15)16-13-8-6-5-7-9-13/h5-9,14,16H,4,10-12,15H2,1-3H3. The molecule has 3 N–H and O–H groups in total. The van der Waals surface area contributed by atoms with Crippen molar-refractivity contribution in [3.63, 3.8) is 0 Å². The summed E-state index contributed by atoms with van der Waals surface area (Å²) in [5, 5.41) is 3.25. The zero-order valence-corrected chi connectivity index (χ0v) is 13.6. The average molecular weight is 298 g/mol. The van der Waals surface area contributed by atoms with Crippen LogP contribution in [-0.4, -0.2) is 35.8 Å². The minimum Gasteiger partial charge on any atom is -0.377 e.